The van der Waals surface area contributed by atoms with Gasteiger partial charge in [0, 0.05) is 53.3 Å². The summed E-state index contributed by atoms with van der Waals surface area (Å²) < 4.78 is 32.9. The highest BCUT2D eigenvalue weighted by molar-refractivity contribution is 6.31. The van der Waals surface area contributed by atoms with Gasteiger partial charge in [0.05, 0.1) is 21.6 Å². The largest absolute Gasteiger partial charge is 0.478 e. The van der Waals surface area contributed by atoms with E-state index in [1.54, 1.807) is 24.3 Å². The van der Waals surface area contributed by atoms with E-state index in [2.05, 4.69) is 10.2 Å². The predicted octanol–water partition coefficient (Wildman–Crippen LogP) is 7.17. The molecule has 222 valence electrons. The van der Waals surface area contributed by atoms with E-state index in [1.807, 2.05) is 10.6 Å². The second-order valence-corrected chi connectivity index (χ2v) is 12.6. The van der Waals surface area contributed by atoms with E-state index in [0.29, 0.717) is 58.6 Å². The molecule has 1 aromatic heterocycles. The molecule has 3 aliphatic heterocycles. The molecule has 43 heavy (non-hydrogen) atoms. The number of nitrogens with one attached hydrogen (secondary N) is 1. The summed E-state index contributed by atoms with van der Waals surface area (Å²) >= 11 is 12.7. The average Bonchev–Trinajstić information content (AvgIpc) is 3.55. The van der Waals surface area contributed by atoms with Crippen molar-refractivity contribution in [3.8, 4) is 0 Å². The van der Waals surface area contributed by atoms with Crippen LogP contribution in [0.4, 0.5) is 14.5 Å². The number of benzene rings is 3. The number of hydrogen-bond acceptors (Lipinski definition) is 4. The Kier molecular flexibility index (Phi) is 6.40. The molecule has 1 amide bonds. The van der Waals surface area contributed by atoms with Crippen molar-refractivity contribution in [3.63, 3.8) is 0 Å². The van der Waals surface area contributed by atoms with Crippen LogP contribution < -0.4 is 5.32 Å². The lowest BCUT2D eigenvalue weighted by Crippen LogP contribution is -2.53. The Labute approximate surface area is 256 Å². The van der Waals surface area contributed by atoms with E-state index in [4.69, 9.17) is 28.2 Å². The van der Waals surface area contributed by atoms with Crippen LogP contribution in [0.15, 0.2) is 48.5 Å². The molecule has 3 aromatic carbocycles. The number of imidazole rings is 1. The first-order valence-electron chi connectivity index (χ1n) is 13.9. The first-order valence-corrected chi connectivity index (χ1v) is 14.7. The molecule has 11 heteroatoms. The van der Waals surface area contributed by atoms with Crippen molar-refractivity contribution < 1.29 is 23.5 Å². The van der Waals surface area contributed by atoms with Crippen molar-refractivity contribution in [3.05, 3.63) is 92.7 Å². The fourth-order valence-electron chi connectivity index (χ4n) is 7.77. The molecule has 4 atom stereocenters. The number of halogens is 4. The Morgan fingerprint density at radius 1 is 1.12 bits per heavy atom. The van der Waals surface area contributed by atoms with Crippen LogP contribution in [0.1, 0.15) is 65.8 Å². The number of carbonyl (C=O) groups excluding carboxylic acids is 1. The number of carboxylic acids is 1. The van der Waals surface area contributed by atoms with Gasteiger partial charge in [-0.15, -0.1) is 0 Å². The van der Waals surface area contributed by atoms with Crippen LogP contribution in [0.2, 0.25) is 10.0 Å². The molecular formula is C32H28Cl2F2N4O3. The fourth-order valence-corrected chi connectivity index (χ4v) is 8.13. The van der Waals surface area contributed by atoms with E-state index in [9.17, 15) is 19.1 Å². The second-order valence-electron chi connectivity index (χ2n) is 11.8. The Morgan fingerprint density at radius 2 is 1.91 bits per heavy atom. The average molecular weight is 626 g/mol. The maximum absolute atomic E-state index is 16.1. The van der Waals surface area contributed by atoms with E-state index >= 15 is 4.39 Å². The minimum atomic E-state index is -1.38. The van der Waals surface area contributed by atoms with Gasteiger partial charge < -0.3 is 15.0 Å². The van der Waals surface area contributed by atoms with E-state index in [-0.39, 0.29) is 24.4 Å². The van der Waals surface area contributed by atoms with Crippen LogP contribution in [0.5, 0.6) is 0 Å². The van der Waals surface area contributed by atoms with Gasteiger partial charge >= 0.3 is 5.97 Å². The third-order valence-corrected chi connectivity index (χ3v) is 10.1. The number of amides is 1. The lowest BCUT2D eigenvalue weighted by atomic mass is 9.70. The highest BCUT2D eigenvalue weighted by atomic mass is 35.5. The first kappa shape index (κ1) is 28.3. The summed E-state index contributed by atoms with van der Waals surface area (Å²) in [6.07, 6.45) is 2.70. The third-order valence-electron chi connectivity index (χ3n) is 9.58. The molecule has 2 N–H and O–H groups in total. The summed E-state index contributed by atoms with van der Waals surface area (Å²) in [5, 5.41) is 13.0. The molecule has 1 saturated carbocycles. The molecule has 1 aliphatic carbocycles. The summed E-state index contributed by atoms with van der Waals surface area (Å²) in [7, 11) is 0. The number of rotatable bonds is 4. The van der Waals surface area contributed by atoms with Gasteiger partial charge in [-0.05, 0) is 55.0 Å². The van der Waals surface area contributed by atoms with Gasteiger partial charge in [0.25, 0.3) is 0 Å². The van der Waals surface area contributed by atoms with Crippen molar-refractivity contribution in [2.24, 2.45) is 5.92 Å². The number of aryl methyl sites for hydroxylation is 1. The van der Waals surface area contributed by atoms with Crippen LogP contribution in [0.25, 0.3) is 11.0 Å². The van der Waals surface area contributed by atoms with Gasteiger partial charge in [-0.1, -0.05) is 48.8 Å². The number of anilines is 1. The lowest BCUT2D eigenvalue weighted by Gasteiger charge is -2.40. The normalized spacial score (nSPS) is 25.8. The minimum absolute atomic E-state index is 0. The second kappa shape index (κ2) is 9.74. The number of hydrogen-bond donors (Lipinski definition) is 2. The number of aromatic nitrogens is 2. The SMILES string of the molecule is C.O=C(O)c1cc2nc3n(c2cc1F)CC[C@H]1[C@@H]3[C@H](c2cccc(Cl)c2F)[C@]2(C(=O)Nc3cc(Cl)ccc32)N1CC1CC1. The third kappa shape index (κ3) is 3.84. The first-order chi connectivity index (χ1) is 20.2. The van der Waals surface area contributed by atoms with Crippen LogP contribution in [-0.4, -0.2) is 44.0 Å². The Bertz CT molecular complexity index is 1860. The van der Waals surface area contributed by atoms with Crippen molar-refractivity contribution in [1.29, 1.82) is 0 Å². The van der Waals surface area contributed by atoms with Gasteiger partial charge in [0.2, 0.25) is 5.91 Å². The van der Waals surface area contributed by atoms with Gasteiger partial charge in [0.1, 0.15) is 23.0 Å². The quantitative estimate of drug-likeness (QED) is 0.251. The molecular weight excluding hydrogens is 597 g/mol. The van der Waals surface area contributed by atoms with Crippen LogP contribution >= 0.6 is 23.2 Å². The lowest BCUT2D eigenvalue weighted by molar-refractivity contribution is -0.128. The maximum atomic E-state index is 16.1. The summed E-state index contributed by atoms with van der Waals surface area (Å²) in [5.41, 5.74) is 0.660. The van der Waals surface area contributed by atoms with Gasteiger partial charge in [-0.3, -0.25) is 9.69 Å². The number of fused-ring (bicyclic) bond motifs is 7. The number of carboxylic acid groups (broad SMARTS) is 1. The molecule has 8 rings (SSSR count). The summed E-state index contributed by atoms with van der Waals surface area (Å²) in [6.45, 7) is 1.13. The molecule has 0 unspecified atom stereocenters. The Morgan fingerprint density at radius 3 is 2.65 bits per heavy atom. The van der Waals surface area contributed by atoms with Crippen LogP contribution in [0.3, 0.4) is 0 Å². The van der Waals surface area contributed by atoms with Crippen molar-refractivity contribution in [1.82, 2.24) is 14.5 Å². The smallest absolute Gasteiger partial charge is 0.338 e. The molecule has 0 bridgehead atoms. The maximum Gasteiger partial charge on any atom is 0.338 e. The van der Waals surface area contributed by atoms with Crippen molar-refractivity contribution in [2.45, 2.75) is 56.7 Å². The Balaban J connectivity index is 0.00000300. The van der Waals surface area contributed by atoms with E-state index < -0.39 is 40.5 Å². The van der Waals surface area contributed by atoms with E-state index in [1.165, 1.54) is 18.2 Å². The van der Waals surface area contributed by atoms with Gasteiger partial charge in [0.15, 0.2) is 0 Å². The van der Waals surface area contributed by atoms with Crippen molar-refractivity contribution >= 4 is 51.8 Å². The molecule has 1 saturated heterocycles. The van der Waals surface area contributed by atoms with Crippen LogP contribution in [-0.2, 0) is 16.9 Å². The number of nitrogens with zero attached hydrogens (tertiary/aromatic N) is 3. The molecule has 2 fully saturated rings. The molecule has 0 radical (unpaired) electrons. The topological polar surface area (TPSA) is 87.5 Å². The van der Waals surface area contributed by atoms with Crippen molar-refractivity contribution in [2.75, 3.05) is 11.9 Å². The Hall–Kier alpha value is -3.53. The van der Waals surface area contributed by atoms with Gasteiger partial charge in [-0.2, -0.15) is 0 Å². The number of carbonyl (C=O) groups is 2. The molecule has 4 aromatic rings. The van der Waals surface area contributed by atoms with E-state index in [0.717, 1.165) is 18.4 Å². The zero-order valence-corrected chi connectivity index (χ0v) is 23.6. The highest BCUT2D eigenvalue weighted by Crippen LogP contribution is 2.64. The summed E-state index contributed by atoms with van der Waals surface area (Å²) in [4.78, 5) is 33.3. The predicted molar refractivity (Wildman–Crippen MR) is 160 cm³/mol. The minimum Gasteiger partial charge on any atom is -0.478 e. The standard InChI is InChI=1S/C31H24Cl2F2N4O3.CH4/c32-15-6-7-18-21(10-15)37-30(42)31(18)26(16-2-1-3-19(33)27(16)35)25-23(39(31)13-14-4-5-14)8-9-38-24-12-20(34)17(29(40)41)11-22(24)36-28(25)38;/h1-3,6-7,10-12,14,23,25-26H,4-5,8-9,13H2,(H,37,42)(H,40,41);1H4/t23-,25+,26-,31+;/m0./s1. The fraction of sp³-hybridized carbons (Fsp3) is 0.344. The molecule has 4 heterocycles. The zero-order chi connectivity index (χ0) is 29.1. The summed E-state index contributed by atoms with van der Waals surface area (Å²) in [6, 6.07) is 12.4. The number of likely N-dealkylation sites (tertiary alicyclic amines) is 1. The van der Waals surface area contributed by atoms with Crippen LogP contribution in [0, 0.1) is 17.6 Å². The zero-order valence-electron chi connectivity index (χ0n) is 22.1. The van der Waals surface area contributed by atoms with Gasteiger partial charge in [-0.25, -0.2) is 18.6 Å². The number of aromatic carboxylic acids is 1. The monoisotopic (exact) mass is 624 g/mol. The molecule has 4 aliphatic rings. The molecule has 1 spiro atoms. The highest BCUT2D eigenvalue weighted by Gasteiger charge is 2.69. The molecule has 7 nitrogen and oxygen atoms in total. The summed E-state index contributed by atoms with van der Waals surface area (Å²) in [5.74, 6) is -3.35.